The van der Waals surface area contributed by atoms with Gasteiger partial charge in [0.2, 0.25) is 0 Å². The predicted molar refractivity (Wildman–Crippen MR) is 79.5 cm³/mol. The van der Waals surface area contributed by atoms with Crippen LogP contribution in [0, 0.1) is 5.92 Å². The second-order valence-electron chi connectivity index (χ2n) is 5.38. The van der Waals surface area contributed by atoms with E-state index in [4.69, 9.17) is 11.6 Å². The minimum Gasteiger partial charge on any atom is -0.352 e. The van der Waals surface area contributed by atoms with Gasteiger partial charge in [0.15, 0.2) is 0 Å². The highest BCUT2D eigenvalue weighted by molar-refractivity contribution is 6.17. The van der Waals surface area contributed by atoms with Crippen molar-refractivity contribution in [3.05, 3.63) is 35.4 Å². The highest BCUT2D eigenvalue weighted by Gasteiger charge is 2.13. The fourth-order valence-corrected chi connectivity index (χ4v) is 2.93. The molecule has 3 heteroatoms. The van der Waals surface area contributed by atoms with Gasteiger partial charge in [-0.1, -0.05) is 44.2 Å². The van der Waals surface area contributed by atoms with Crippen molar-refractivity contribution in [3.8, 4) is 0 Å². The van der Waals surface area contributed by atoms with Crippen LogP contribution in [0.4, 0.5) is 0 Å². The largest absolute Gasteiger partial charge is 0.352 e. The van der Waals surface area contributed by atoms with Crippen LogP contribution < -0.4 is 5.32 Å². The molecule has 1 aliphatic carbocycles. The molecule has 0 bridgehead atoms. The van der Waals surface area contributed by atoms with Gasteiger partial charge < -0.3 is 5.32 Å². The summed E-state index contributed by atoms with van der Waals surface area (Å²) in [6, 6.07) is 7.52. The van der Waals surface area contributed by atoms with Gasteiger partial charge in [0, 0.05) is 18.0 Å². The Morgan fingerprint density at radius 3 is 2.79 bits per heavy atom. The van der Waals surface area contributed by atoms with Crippen LogP contribution in [0.1, 0.15) is 54.4 Å². The van der Waals surface area contributed by atoms with E-state index in [9.17, 15) is 4.79 Å². The first-order valence-electron chi connectivity index (χ1n) is 7.22. The number of halogens is 1. The van der Waals surface area contributed by atoms with Crippen LogP contribution in [0.2, 0.25) is 0 Å². The monoisotopic (exact) mass is 279 g/mol. The molecule has 0 saturated heterocycles. The second kappa shape index (κ2) is 7.54. The van der Waals surface area contributed by atoms with Gasteiger partial charge in [0.1, 0.15) is 0 Å². The van der Waals surface area contributed by atoms with Crippen LogP contribution in [-0.4, -0.2) is 12.5 Å². The zero-order valence-electron chi connectivity index (χ0n) is 11.3. The van der Waals surface area contributed by atoms with Crippen molar-refractivity contribution in [2.75, 3.05) is 6.54 Å². The molecule has 1 N–H and O–H groups in total. The topological polar surface area (TPSA) is 29.1 Å². The van der Waals surface area contributed by atoms with E-state index in [1.807, 2.05) is 24.3 Å². The summed E-state index contributed by atoms with van der Waals surface area (Å²) in [5, 5.41) is 3.02. The van der Waals surface area contributed by atoms with Gasteiger partial charge >= 0.3 is 0 Å². The maximum Gasteiger partial charge on any atom is 0.251 e. The molecule has 19 heavy (non-hydrogen) atoms. The quantitative estimate of drug-likeness (QED) is 0.807. The number of alkyl halides is 1. The van der Waals surface area contributed by atoms with Gasteiger partial charge in [-0.3, -0.25) is 4.79 Å². The van der Waals surface area contributed by atoms with E-state index < -0.39 is 0 Å². The van der Waals surface area contributed by atoms with Crippen LogP contribution in [0.3, 0.4) is 0 Å². The average molecular weight is 280 g/mol. The minimum atomic E-state index is 0.0165. The lowest BCUT2D eigenvalue weighted by Gasteiger charge is -2.21. The summed E-state index contributed by atoms with van der Waals surface area (Å²) in [6.07, 6.45) is 7.87. The lowest BCUT2D eigenvalue weighted by Crippen LogP contribution is -2.26. The number of hydrogen-bond acceptors (Lipinski definition) is 1. The molecule has 2 rings (SSSR count). The van der Waals surface area contributed by atoms with Gasteiger partial charge in [0.05, 0.1) is 0 Å². The maximum absolute atomic E-state index is 12.0. The van der Waals surface area contributed by atoms with Crippen LogP contribution >= 0.6 is 11.6 Å². The van der Waals surface area contributed by atoms with Crippen LogP contribution in [0.25, 0.3) is 0 Å². The van der Waals surface area contributed by atoms with Gasteiger partial charge in [-0.15, -0.1) is 11.6 Å². The Morgan fingerprint density at radius 1 is 1.26 bits per heavy atom. The summed E-state index contributed by atoms with van der Waals surface area (Å²) >= 11 is 5.78. The molecule has 0 spiro atoms. The van der Waals surface area contributed by atoms with E-state index in [2.05, 4.69) is 5.32 Å². The zero-order valence-corrected chi connectivity index (χ0v) is 12.1. The normalized spacial score (nSPS) is 16.3. The molecule has 1 fully saturated rings. The molecule has 1 aliphatic rings. The summed E-state index contributed by atoms with van der Waals surface area (Å²) in [6.45, 7) is 0.786. The van der Waals surface area contributed by atoms with E-state index in [0.29, 0.717) is 11.4 Å². The maximum atomic E-state index is 12.0. The standard InChI is InChI=1S/C16H22ClNO/c17-12-14-7-4-8-15(11-14)16(19)18-10-9-13-5-2-1-3-6-13/h4,7-8,11,13H,1-3,5-6,9-10,12H2,(H,18,19). The number of nitrogens with one attached hydrogen (secondary N) is 1. The Labute approximate surface area is 120 Å². The first kappa shape index (κ1) is 14.4. The van der Waals surface area contributed by atoms with Crippen molar-refractivity contribution >= 4 is 17.5 Å². The molecular formula is C16H22ClNO. The van der Waals surface area contributed by atoms with E-state index in [0.717, 1.165) is 24.4 Å². The Morgan fingerprint density at radius 2 is 2.05 bits per heavy atom. The van der Waals surface area contributed by atoms with E-state index in [1.165, 1.54) is 32.1 Å². The van der Waals surface area contributed by atoms with Crippen molar-refractivity contribution < 1.29 is 4.79 Å². The molecule has 0 aromatic heterocycles. The third kappa shape index (κ3) is 4.54. The predicted octanol–water partition coefficient (Wildman–Crippen LogP) is 4.13. The Bertz CT molecular complexity index is 413. The Hall–Kier alpha value is -1.02. The molecule has 104 valence electrons. The minimum absolute atomic E-state index is 0.0165. The summed E-state index contributed by atoms with van der Waals surface area (Å²) in [5.74, 6) is 1.27. The van der Waals surface area contributed by atoms with Gasteiger partial charge in [-0.2, -0.15) is 0 Å². The summed E-state index contributed by atoms with van der Waals surface area (Å²) in [4.78, 5) is 12.0. The Kier molecular flexibility index (Phi) is 5.71. The number of rotatable bonds is 5. The Balaban J connectivity index is 1.77. The first-order valence-corrected chi connectivity index (χ1v) is 7.76. The fourth-order valence-electron chi connectivity index (χ4n) is 2.76. The van der Waals surface area contributed by atoms with Crippen molar-refractivity contribution in [2.24, 2.45) is 5.92 Å². The van der Waals surface area contributed by atoms with Crippen molar-refractivity contribution in [3.63, 3.8) is 0 Å². The third-order valence-electron chi connectivity index (χ3n) is 3.91. The number of carbonyl (C=O) groups is 1. The highest BCUT2D eigenvalue weighted by atomic mass is 35.5. The van der Waals surface area contributed by atoms with E-state index in [-0.39, 0.29) is 5.91 Å². The first-order chi connectivity index (χ1) is 9.29. The number of amides is 1. The van der Waals surface area contributed by atoms with E-state index >= 15 is 0 Å². The molecule has 1 amide bonds. The van der Waals surface area contributed by atoms with Crippen LogP contribution in [0.5, 0.6) is 0 Å². The SMILES string of the molecule is O=C(NCCC1CCCCC1)c1cccc(CCl)c1. The molecule has 1 aromatic rings. The smallest absolute Gasteiger partial charge is 0.251 e. The van der Waals surface area contributed by atoms with E-state index in [1.54, 1.807) is 0 Å². The van der Waals surface area contributed by atoms with Crippen molar-refractivity contribution in [1.29, 1.82) is 0 Å². The second-order valence-corrected chi connectivity index (χ2v) is 5.65. The highest BCUT2D eigenvalue weighted by Crippen LogP contribution is 2.25. The van der Waals surface area contributed by atoms with Crippen LogP contribution in [0.15, 0.2) is 24.3 Å². The van der Waals surface area contributed by atoms with Gasteiger partial charge in [-0.05, 0) is 30.0 Å². The lowest BCUT2D eigenvalue weighted by molar-refractivity contribution is 0.0950. The lowest BCUT2D eigenvalue weighted by atomic mass is 9.87. The molecule has 0 atom stereocenters. The summed E-state index contributed by atoms with van der Waals surface area (Å²) in [7, 11) is 0. The molecule has 0 aliphatic heterocycles. The summed E-state index contributed by atoms with van der Waals surface area (Å²) < 4.78 is 0. The molecule has 0 unspecified atom stereocenters. The number of hydrogen-bond donors (Lipinski definition) is 1. The molecule has 1 aromatic carbocycles. The molecule has 0 radical (unpaired) electrons. The third-order valence-corrected chi connectivity index (χ3v) is 4.21. The number of carbonyl (C=O) groups excluding carboxylic acids is 1. The number of benzene rings is 1. The van der Waals surface area contributed by atoms with Gasteiger partial charge in [0.25, 0.3) is 5.91 Å². The molecule has 1 saturated carbocycles. The van der Waals surface area contributed by atoms with Crippen molar-refractivity contribution in [2.45, 2.75) is 44.4 Å². The average Bonchev–Trinajstić information content (AvgIpc) is 2.48. The van der Waals surface area contributed by atoms with Crippen molar-refractivity contribution in [1.82, 2.24) is 5.32 Å². The molecule has 0 heterocycles. The molecule has 2 nitrogen and oxygen atoms in total. The van der Waals surface area contributed by atoms with Crippen LogP contribution in [-0.2, 0) is 5.88 Å². The zero-order chi connectivity index (χ0) is 13.5. The van der Waals surface area contributed by atoms with Gasteiger partial charge in [-0.25, -0.2) is 0 Å². The molecular weight excluding hydrogens is 258 g/mol. The fraction of sp³-hybridized carbons (Fsp3) is 0.562. The summed E-state index contributed by atoms with van der Waals surface area (Å²) in [5.41, 5.74) is 1.70.